The van der Waals surface area contributed by atoms with E-state index >= 15 is 0 Å². The molecule has 0 aromatic heterocycles. The van der Waals surface area contributed by atoms with Gasteiger partial charge in [0.25, 0.3) is 0 Å². The Morgan fingerprint density at radius 1 is 0.840 bits per heavy atom. The van der Waals surface area contributed by atoms with Gasteiger partial charge >= 0.3 is 0 Å². The summed E-state index contributed by atoms with van der Waals surface area (Å²) in [6, 6.07) is 0. The Balaban J connectivity index is 0.00000576. The van der Waals surface area contributed by atoms with E-state index in [4.69, 9.17) is 34.8 Å². The van der Waals surface area contributed by atoms with Crippen molar-refractivity contribution in [3.05, 3.63) is 34.2 Å². The Morgan fingerprint density at radius 3 is 1.56 bits per heavy atom. The third-order valence-corrected chi connectivity index (χ3v) is 10.9. The average Bonchev–Trinajstić information content (AvgIpc) is 2.61. The van der Waals surface area contributed by atoms with E-state index in [9.17, 15) is 0 Å². The van der Waals surface area contributed by atoms with Gasteiger partial charge < -0.3 is 17.3 Å². The molecule has 0 aromatic rings. The van der Waals surface area contributed by atoms with Crippen LogP contribution >= 0.6 is 42.1 Å². The maximum Gasteiger partial charge on any atom is 0.143 e. The molecule has 6 heteroatoms. The quantitative estimate of drug-likeness (QED) is 0.320. The Hall–Kier alpha value is 0.610. The van der Waals surface area contributed by atoms with Crippen LogP contribution in [0.25, 0.3) is 0 Å². The fraction of sp³-hybridized carbons (Fsp3) is 0.684. The first-order valence-electron chi connectivity index (χ1n) is 9.22. The molecular formula is C19H32Cl4NP. The molecule has 0 amide bonds. The van der Waals surface area contributed by atoms with Crippen molar-refractivity contribution in [2.45, 2.75) is 65.0 Å². The summed E-state index contributed by atoms with van der Waals surface area (Å²) in [4.78, 5) is 1.81. The van der Waals surface area contributed by atoms with Crippen LogP contribution < -0.4 is 12.4 Å². The predicted molar refractivity (Wildman–Crippen MR) is 115 cm³/mol. The van der Waals surface area contributed by atoms with E-state index in [1.54, 1.807) is 0 Å². The van der Waals surface area contributed by atoms with Crippen molar-refractivity contribution in [3.8, 4) is 0 Å². The fourth-order valence-electron chi connectivity index (χ4n) is 3.27. The second-order valence-electron chi connectivity index (χ2n) is 6.58. The number of halogens is 4. The minimum atomic E-state index is -1.03. The molecule has 0 radical (unpaired) electrons. The Morgan fingerprint density at radius 2 is 1.24 bits per heavy atom. The van der Waals surface area contributed by atoms with Gasteiger partial charge in [-0.05, 0) is 31.4 Å². The first-order chi connectivity index (χ1) is 11.5. The van der Waals surface area contributed by atoms with Crippen molar-refractivity contribution < 1.29 is 12.4 Å². The fourth-order valence-corrected chi connectivity index (χ4v) is 8.87. The molecule has 1 aliphatic rings. The van der Waals surface area contributed by atoms with Crippen LogP contribution in [-0.2, 0) is 0 Å². The number of rotatable bonds is 11. The van der Waals surface area contributed by atoms with Gasteiger partial charge in [0.2, 0.25) is 0 Å². The molecule has 0 bridgehead atoms. The molecule has 1 heterocycles. The number of hydrogen-bond donors (Lipinski definition) is 0. The predicted octanol–water partition coefficient (Wildman–Crippen LogP) is 4.96. The lowest BCUT2D eigenvalue weighted by atomic mass is 10.3. The summed E-state index contributed by atoms with van der Waals surface area (Å²) in [6.07, 6.45) is 20.8. The first-order valence-corrected chi connectivity index (χ1v) is 12.8. The standard InChI is InChI=1S/C19H32Cl3NP.ClH/c1-4-7-14-24(15-8-5-2,16-9-6-3)17-10-12-23(13-11-17)19(22)18(20)21;/h10-13,17H,4-9,14-16H2,1-3H3;1H/q+1;/p-1. The lowest BCUT2D eigenvalue weighted by molar-refractivity contribution is -0.00000496. The van der Waals surface area contributed by atoms with Gasteiger partial charge in [0.15, 0.2) is 0 Å². The molecule has 0 aromatic carbocycles. The number of nitrogens with zero attached hydrogens (tertiary/aromatic N) is 1. The molecular weight excluding hydrogens is 415 g/mol. The summed E-state index contributed by atoms with van der Waals surface area (Å²) >= 11 is 17.8. The lowest BCUT2D eigenvalue weighted by Gasteiger charge is -2.34. The topological polar surface area (TPSA) is 3.24 Å². The third kappa shape index (κ3) is 8.02. The SMILES string of the molecule is CCCC[P+](CCCC)(CCCC)C1C=CN(C(Cl)=C(Cl)Cl)C=C1.[Cl-]. The molecule has 0 saturated carbocycles. The van der Waals surface area contributed by atoms with Crippen LogP contribution in [0.5, 0.6) is 0 Å². The van der Waals surface area contributed by atoms with E-state index in [0.29, 0.717) is 10.8 Å². The second-order valence-corrected chi connectivity index (χ2v) is 12.3. The van der Waals surface area contributed by atoms with Crippen LogP contribution in [0.4, 0.5) is 0 Å². The minimum Gasteiger partial charge on any atom is -1.00 e. The Kier molecular flexibility index (Phi) is 14.1. The van der Waals surface area contributed by atoms with E-state index in [1.807, 2.05) is 17.3 Å². The van der Waals surface area contributed by atoms with Gasteiger partial charge in [-0.2, -0.15) is 0 Å². The van der Waals surface area contributed by atoms with Crippen LogP contribution in [0.1, 0.15) is 59.3 Å². The molecule has 0 fully saturated rings. The summed E-state index contributed by atoms with van der Waals surface area (Å²) in [5, 5.41) is 0.365. The highest BCUT2D eigenvalue weighted by Gasteiger charge is 2.42. The normalized spacial score (nSPS) is 14.6. The van der Waals surface area contributed by atoms with E-state index in [0.717, 1.165) is 0 Å². The van der Waals surface area contributed by atoms with Crippen LogP contribution in [0.2, 0.25) is 0 Å². The summed E-state index contributed by atoms with van der Waals surface area (Å²) in [5.41, 5.74) is 0.567. The average molecular weight is 447 g/mol. The molecule has 1 aliphatic heterocycles. The monoisotopic (exact) mass is 445 g/mol. The smallest absolute Gasteiger partial charge is 0.143 e. The van der Waals surface area contributed by atoms with Crippen LogP contribution in [-0.4, -0.2) is 29.0 Å². The van der Waals surface area contributed by atoms with E-state index in [1.165, 1.54) is 57.0 Å². The first kappa shape index (κ1) is 25.6. The van der Waals surface area contributed by atoms with Crippen molar-refractivity contribution in [2.24, 2.45) is 0 Å². The Labute approximate surface area is 176 Å². The minimum absolute atomic E-state index is 0. The number of unbranched alkanes of at least 4 members (excludes halogenated alkanes) is 3. The van der Waals surface area contributed by atoms with Crippen molar-refractivity contribution in [1.29, 1.82) is 0 Å². The van der Waals surface area contributed by atoms with Crippen molar-refractivity contribution in [2.75, 3.05) is 18.5 Å². The highest BCUT2D eigenvalue weighted by Crippen LogP contribution is 2.66. The number of allylic oxidation sites excluding steroid dienone is 2. The van der Waals surface area contributed by atoms with Gasteiger partial charge in [-0.1, -0.05) is 74.8 Å². The summed E-state index contributed by atoms with van der Waals surface area (Å²) < 4.78 is 0.105. The van der Waals surface area contributed by atoms with Gasteiger partial charge in [-0.15, -0.1) is 0 Å². The molecule has 0 aliphatic carbocycles. The zero-order valence-corrected chi connectivity index (χ0v) is 19.6. The van der Waals surface area contributed by atoms with Crippen molar-refractivity contribution in [3.63, 3.8) is 0 Å². The zero-order valence-electron chi connectivity index (χ0n) is 15.7. The molecule has 25 heavy (non-hydrogen) atoms. The molecule has 0 N–H and O–H groups in total. The van der Waals surface area contributed by atoms with Gasteiger partial charge in [-0.3, -0.25) is 0 Å². The zero-order chi connectivity index (χ0) is 18.0. The molecule has 1 rings (SSSR count). The number of hydrogen-bond acceptors (Lipinski definition) is 1. The van der Waals surface area contributed by atoms with Crippen LogP contribution in [0, 0.1) is 0 Å². The molecule has 0 spiro atoms. The highest BCUT2D eigenvalue weighted by molar-refractivity contribution is 7.76. The maximum atomic E-state index is 6.16. The second kappa shape index (κ2) is 13.7. The molecule has 0 unspecified atom stereocenters. The molecule has 1 nitrogen and oxygen atoms in total. The third-order valence-electron chi connectivity index (χ3n) is 4.77. The molecule has 146 valence electrons. The van der Waals surface area contributed by atoms with E-state index < -0.39 is 7.26 Å². The van der Waals surface area contributed by atoms with E-state index in [2.05, 4.69) is 32.9 Å². The van der Waals surface area contributed by atoms with E-state index in [-0.39, 0.29) is 16.9 Å². The summed E-state index contributed by atoms with van der Waals surface area (Å²) in [5.74, 6) is 0. The van der Waals surface area contributed by atoms with Crippen molar-refractivity contribution >= 4 is 42.1 Å². The van der Waals surface area contributed by atoms with Crippen LogP contribution in [0.3, 0.4) is 0 Å². The highest BCUT2D eigenvalue weighted by atomic mass is 35.5. The maximum absolute atomic E-state index is 6.16. The van der Waals surface area contributed by atoms with Gasteiger partial charge in [-0.25, -0.2) is 0 Å². The van der Waals surface area contributed by atoms with Gasteiger partial charge in [0, 0.05) is 19.7 Å². The van der Waals surface area contributed by atoms with Crippen molar-refractivity contribution in [1.82, 2.24) is 4.90 Å². The molecule has 0 saturated heterocycles. The summed E-state index contributed by atoms with van der Waals surface area (Å²) in [6.45, 7) is 6.90. The lowest BCUT2D eigenvalue weighted by Crippen LogP contribution is -3.00. The summed E-state index contributed by atoms with van der Waals surface area (Å²) in [7, 11) is -1.03. The molecule has 0 atom stereocenters. The van der Waals surface area contributed by atoms with Crippen LogP contribution in [0.15, 0.2) is 34.2 Å². The van der Waals surface area contributed by atoms with Gasteiger partial charge in [0.05, 0.1) is 18.5 Å². The largest absolute Gasteiger partial charge is 1.00 e. The Bertz CT molecular complexity index is 423. The van der Waals surface area contributed by atoms with Gasteiger partial charge in [0.1, 0.15) is 15.3 Å².